The molecule has 3 heteroatoms. The van der Waals surface area contributed by atoms with Gasteiger partial charge in [0.1, 0.15) is 0 Å². The van der Waals surface area contributed by atoms with Gasteiger partial charge in [-0.3, -0.25) is 4.79 Å². The van der Waals surface area contributed by atoms with Gasteiger partial charge in [0.15, 0.2) is 0 Å². The molecule has 0 aliphatic rings. The van der Waals surface area contributed by atoms with Crippen LogP contribution in [0.4, 0.5) is 0 Å². The Balaban J connectivity index is 4.03. The molecule has 14 heavy (non-hydrogen) atoms. The standard InChI is InChI=1S/C11H23NO2/c1-5-10(6-2)11(14)12-9(4)8(3)7-13/h8-10,13H,5-7H2,1-4H3,(H,12,14). The lowest BCUT2D eigenvalue weighted by Gasteiger charge is -2.22. The number of aliphatic hydroxyl groups is 1. The second-order valence-corrected chi connectivity index (χ2v) is 3.97. The summed E-state index contributed by atoms with van der Waals surface area (Å²) in [6.45, 7) is 8.02. The summed E-state index contributed by atoms with van der Waals surface area (Å²) in [5, 5.41) is 11.9. The summed E-state index contributed by atoms with van der Waals surface area (Å²) in [5.74, 6) is 0.347. The summed E-state index contributed by atoms with van der Waals surface area (Å²) >= 11 is 0. The zero-order valence-corrected chi connectivity index (χ0v) is 9.71. The minimum atomic E-state index is 0.0492. The van der Waals surface area contributed by atoms with E-state index in [0.29, 0.717) is 0 Å². The minimum Gasteiger partial charge on any atom is -0.396 e. The smallest absolute Gasteiger partial charge is 0.223 e. The van der Waals surface area contributed by atoms with Crippen LogP contribution in [0.1, 0.15) is 40.5 Å². The van der Waals surface area contributed by atoms with E-state index in [4.69, 9.17) is 5.11 Å². The van der Waals surface area contributed by atoms with Crippen molar-refractivity contribution in [3.63, 3.8) is 0 Å². The molecule has 0 heterocycles. The van der Waals surface area contributed by atoms with Gasteiger partial charge in [-0.05, 0) is 25.7 Å². The molecule has 0 fully saturated rings. The number of carbonyl (C=O) groups excluding carboxylic acids is 1. The highest BCUT2D eigenvalue weighted by atomic mass is 16.3. The van der Waals surface area contributed by atoms with Crippen molar-refractivity contribution >= 4 is 5.91 Å². The molecule has 0 rings (SSSR count). The predicted octanol–water partition coefficient (Wildman–Crippen LogP) is 1.56. The molecule has 84 valence electrons. The summed E-state index contributed by atoms with van der Waals surface area (Å²) in [5.41, 5.74) is 0. The van der Waals surface area contributed by atoms with Gasteiger partial charge >= 0.3 is 0 Å². The first-order chi connectivity index (χ1) is 6.56. The molecule has 2 atom stereocenters. The normalized spacial score (nSPS) is 15.3. The maximum atomic E-state index is 11.6. The largest absolute Gasteiger partial charge is 0.396 e. The zero-order valence-electron chi connectivity index (χ0n) is 9.71. The topological polar surface area (TPSA) is 49.3 Å². The highest BCUT2D eigenvalue weighted by Crippen LogP contribution is 2.09. The molecule has 1 amide bonds. The predicted molar refractivity (Wildman–Crippen MR) is 57.9 cm³/mol. The van der Waals surface area contributed by atoms with Gasteiger partial charge in [-0.15, -0.1) is 0 Å². The summed E-state index contributed by atoms with van der Waals surface area (Å²) in [7, 11) is 0. The molecule has 0 aliphatic heterocycles. The van der Waals surface area contributed by atoms with Gasteiger partial charge in [-0.25, -0.2) is 0 Å². The number of hydrogen-bond acceptors (Lipinski definition) is 2. The Hall–Kier alpha value is -0.570. The van der Waals surface area contributed by atoms with E-state index in [1.54, 1.807) is 0 Å². The fourth-order valence-electron chi connectivity index (χ4n) is 1.30. The van der Waals surface area contributed by atoms with E-state index in [9.17, 15) is 4.79 Å². The Morgan fingerprint density at radius 2 is 1.79 bits per heavy atom. The molecule has 0 saturated carbocycles. The number of carbonyl (C=O) groups is 1. The lowest BCUT2D eigenvalue weighted by Crippen LogP contribution is -2.41. The van der Waals surface area contributed by atoms with E-state index >= 15 is 0 Å². The number of aliphatic hydroxyl groups excluding tert-OH is 1. The van der Waals surface area contributed by atoms with Crippen molar-refractivity contribution in [1.82, 2.24) is 5.32 Å². The van der Waals surface area contributed by atoms with Gasteiger partial charge < -0.3 is 10.4 Å². The Kier molecular flexibility index (Phi) is 6.54. The zero-order chi connectivity index (χ0) is 11.1. The monoisotopic (exact) mass is 201 g/mol. The molecule has 0 spiro atoms. The van der Waals surface area contributed by atoms with E-state index in [0.717, 1.165) is 12.8 Å². The Morgan fingerprint density at radius 3 is 2.14 bits per heavy atom. The lowest BCUT2D eigenvalue weighted by molar-refractivity contribution is -0.126. The van der Waals surface area contributed by atoms with E-state index in [1.807, 2.05) is 27.7 Å². The number of hydrogen-bond donors (Lipinski definition) is 2. The third kappa shape index (κ3) is 4.09. The third-order valence-electron chi connectivity index (χ3n) is 2.87. The maximum Gasteiger partial charge on any atom is 0.223 e. The number of nitrogens with one attached hydrogen (secondary N) is 1. The van der Waals surface area contributed by atoms with E-state index in [1.165, 1.54) is 0 Å². The van der Waals surface area contributed by atoms with Gasteiger partial charge in [0.25, 0.3) is 0 Å². The summed E-state index contributed by atoms with van der Waals surface area (Å²) in [6.07, 6.45) is 1.76. The maximum absolute atomic E-state index is 11.6. The molecule has 0 bridgehead atoms. The third-order valence-corrected chi connectivity index (χ3v) is 2.87. The second-order valence-electron chi connectivity index (χ2n) is 3.97. The van der Waals surface area contributed by atoms with Gasteiger partial charge in [0, 0.05) is 18.6 Å². The van der Waals surface area contributed by atoms with E-state index in [-0.39, 0.29) is 30.4 Å². The van der Waals surface area contributed by atoms with Gasteiger partial charge in [0.2, 0.25) is 5.91 Å². The van der Waals surface area contributed by atoms with E-state index in [2.05, 4.69) is 5.32 Å². The van der Waals surface area contributed by atoms with Gasteiger partial charge in [-0.1, -0.05) is 20.8 Å². The molecular formula is C11H23NO2. The van der Waals surface area contributed by atoms with Crippen LogP contribution in [0.25, 0.3) is 0 Å². The van der Waals surface area contributed by atoms with Crippen LogP contribution in [-0.4, -0.2) is 23.7 Å². The lowest BCUT2D eigenvalue weighted by atomic mass is 10.00. The van der Waals surface area contributed by atoms with Crippen LogP contribution < -0.4 is 5.32 Å². The molecular weight excluding hydrogens is 178 g/mol. The Morgan fingerprint density at radius 1 is 1.29 bits per heavy atom. The fraction of sp³-hybridized carbons (Fsp3) is 0.909. The average Bonchev–Trinajstić information content (AvgIpc) is 2.18. The van der Waals surface area contributed by atoms with Gasteiger partial charge in [0.05, 0.1) is 0 Å². The van der Waals surface area contributed by atoms with Crippen molar-refractivity contribution in [1.29, 1.82) is 0 Å². The molecule has 2 N–H and O–H groups in total. The van der Waals surface area contributed by atoms with Crippen LogP contribution in [0, 0.1) is 11.8 Å². The van der Waals surface area contributed by atoms with Crippen molar-refractivity contribution in [3.05, 3.63) is 0 Å². The first-order valence-corrected chi connectivity index (χ1v) is 5.47. The number of amides is 1. The quantitative estimate of drug-likeness (QED) is 0.685. The van der Waals surface area contributed by atoms with Crippen molar-refractivity contribution in [2.24, 2.45) is 11.8 Å². The van der Waals surface area contributed by atoms with Crippen molar-refractivity contribution < 1.29 is 9.90 Å². The Bertz CT molecular complexity index is 167. The minimum absolute atomic E-state index is 0.0492. The van der Waals surface area contributed by atoms with Crippen LogP contribution >= 0.6 is 0 Å². The van der Waals surface area contributed by atoms with Gasteiger partial charge in [-0.2, -0.15) is 0 Å². The fourth-order valence-corrected chi connectivity index (χ4v) is 1.30. The van der Waals surface area contributed by atoms with Crippen LogP contribution in [0.5, 0.6) is 0 Å². The highest BCUT2D eigenvalue weighted by Gasteiger charge is 2.18. The van der Waals surface area contributed by atoms with E-state index < -0.39 is 0 Å². The van der Waals surface area contributed by atoms with Crippen LogP contribution in [0.2, 0.25) is 0 Å². The molecule has 0 saturated heterocycles. The number of rotatable bonds is 6. The summed E-state index contributed by atoms with van der Waals surface area (Å²) in [4.78, 5) is 11.6. The Labute approximate surface area is 86.9 Å². The molecule has 0 aromatic heterocycles. The molecule has 0 aliphatic carbocycles. The first kappa shape index (κ1) is 13.4. The van der Waals surface area contributed by atoms with Crippen molar-refractivity contribution in [2.45, 2.75) is 46.6 Å². The molecule has 0 radical (unpaired) electrons. The average molecular weight is 201 g/mol. The van der Waals surface area contributed by atoms with Crippen molar-refractivity contribution in [3.8, 4) is 0 Å². The first-order valence-electron chi connectivity index (χ1n) is 5.47. The SMILES string of the molecule is CCC(CC)C(=O)NC(C)C(C)CO. The molecule has 2 unspecified atom stereocenters. The van der Waals surface area contributed by atoms with Crippen LogP contribution in [0.3, 0.4) is 0 Å². The molecule has 3 nitrogen and oxygen atoms in total. The second kappa shape index (κ2) is 6.82. The molecule has 0 aromatic rings. The highest BCUT2D eigenvalue weighted by molar-refractivity contribution is 5.78. The van der Waals surface area contributed by atoms with Crippen molar-refractivity contribution in [2.75, 3.05) is 6.61 Å². The summed E-state index contributed by atoms with van der Waals surface area (Å²) < 4.78 is 0. The van der Waals surface area contributed by atoms with Crippen LogP contribution in [-0.2, 0) is 4.79 Å². The molecule has 0 aromatic carbocycles. The summed E-state index contributed by atoms with van der Waals surface area (Å²) in [6, 6.07) is 0.0492. The van der Waals surface area contributed by atoms with Crippen LogP contribution in [0.15, 0.2) is 0 Å².